The second-order valence-electron chi connectivity index (χ2n) is 4.47. The minimum atomic E-state index is -3.65. The van der Waals surface area contributed by atoms with Gasteiger partial charge in [-0.15, -0.1) is 0 Å². The normalized spacial score (nSPS) is 13.1. The van der Waals surface area contributed by atoms with Crippen LogP contribution in [0.4, 0.5) is 0 Å². The summed E-state index contributed by atoms with van der Waals surface area (Å²) in [6.45, 7) is 0. The number of sulfone groups is 1. The third-order valence-corrected chi connectivity index (χ3v) is 3.96. The SMILES string of the molecule is NC(=CS(=O)(=O)C=C(N)c1ccccc1)c1ccccc1. The monoisotopic (exact) mass is 300 g/mol. The molecule has 0 bridgehead atoms. The number of hydrogen-bond acceptors (Lipinski definition) is 4. The molecule has 0 unspecified atom stereocenters. The third-order valence-electron chi connectivity index (χ3n) is 2.80. The molecular formula is C16H16N2O2S. The van der Waals surface area contributed by atoms with E-state index in [-0.39, 0.29) is 11.4 Å². The molecule has 0 fully saturated rings. The molecule has 4 nitrogen and oxygen atoms in total. The van der Waals surface area contributed by atoms with Crippen LogP contribution in [0.3, 0.4) is 0 Å². The molecule has 0 amide bonds. The van der Waals surface area contributed by atoms with Gasteiger partial charge in [-0.25, -0.2) is 8.42 Å². The molecule has 5 heteroatoms. The summed E-state index contributed by atoms with van der Waals surface area (Å²) in [5.74, 6) is 0. The molecule has 0 radical (unpaired) electrons. The second-order valence-corrected chi connectivity index (χ2v) is 6.12. The van der Waals surface area contributed by atoms with E-state index in [0.717, 1.165) is 10.8 Å². The van der Waals surface area contributed by atoms with Crippen molar-refractivity contribution in [3.63, 3.8) is 0 Å². The van der Waals surface area contributed by atoms with Crippen LogP contribution in [0.25, 0.3) is 11.4 Å². The molecule has 0 aliphatic rings. The van der Waals surface area contributed by atoms with E-state index in [1.54, 1.807) is 48.5 Å². The van der Waals surface area contributed by atoms with Crippen LogP contribution in [0.15, 0.2) is 71.5 Å². The molecule has 0 aromatic heterocycles. The first kappa shape index (κ1) is 14.9. The summed E-state index contributed by atoms with van der Waals surface area (Å²) in [4.78, 5) is 0. The lowest BCUT2D eigenvalue weighted by atomic mass is 10.2. The van der Waals surface area contributed by atoms with Gasteiger partial charge in [0.1, 0.15) is 0 Å². The van der Waals surface area contributed by atoms with Gasteiger partial charge in [0.05, 0.1) is 22.2 Å². The lowest BCUT2D eigenvalue weighted by Gasteiger charge is -2.03. The minimum absolute atomic E-state index is 0.174. The van der Waals surface area contributed by atoms with Gasteiger partial charge in [-0.3, -0.25) is 0 Å². The fraction of sp³-hybridized carbons (Fsp3) is 0. The van der Waals surface area contributed by atoms with E-state index in [1.165, 1.54) is 0 Å². The summed E-state index contributed by atoms with van der Waals surface area (Å²) in [6, 6.07) is 17.8. The maximum absolute atomic E-state index is 12.1. The van der Waals surface area contributed by atoms with Gasteiger partial charge in [-0.05, 0) is 11.1 Å². The van der Waals surface area contributed by atoms with Gasteiger partial charge in [-0.1, -0.05) is 60.7 Å². The molecule has 0 saturated heterocycles. The molecule has 4 N–H and O–H groups in total. The Bertz CT molecular complexity index is 703. The van der Waals surface area contributed by atoms with Crippen LogP contribution in [-0.2, 0) is 9.84 Å². The zero-order valence-corrected chi connectivity index (χ0v) is 12.1. The zero-order chi connectivity index (χ0) is 15.3. The molecule has 108 valence electrons. The fourth-order valence-corrected chi connectivity index (χ4v) is 2.83. The van der Waals surface area contributed by atoms with Gasteiger partial charge < -0.3 is 11.5 Å². The van der Waals surface area contributed by atoms with Crippen LogP contribution < -0.4 is 11.5 Å². The van der Waals surface area contributed by atoms with Crippen molar-refractivity contribution in [3.8, 4) is 0 Å². The highest BCUT2D eigenvalue weighted by Crippen LogP contribution is 2.14. The molecule has 2 rings (SSSR count). The van der Waals surface area contributed by atoms with Crippen LogP contribution in [0.1, 0.15) is 11.1 Å². The molecule has 21 heavy (non-hydrogen) atoms. The van der Waals surface area contributed by atoms with Gasteiger partial charge in [0.2, 0.25) is 0 Å². The standard InChI is InChI=1S/C16H16N2O2S/c17-15(13-7-3-1-4-8-13)11-21(19,20)12-16(18)14-9-5-2-6-10-14/h1-12H,17-18H2. The zero-order valence-electron chi connectivity index (χ0n) is 11.3. The third kappa shape index (κ3) is 4.22. The van der Waals surface area contributed by atoms with Crippen LogP contribution in [0, 0.1) is 0 Å². The van der Waals surface area contributed by atoms with Crippen LogP contribution >= 0.6 is 0 Å². The Hall–Kier alpha value is -2.53. The van der Waals surface area contributed by atoms with E-state index in [9.17, 15) is 8.42 Å². The summed E-state index contributed by atoms with van der Waals surface area (Å²) in [6.07, 6.45) is 0. The van der Waals surface area contributed by atoms with Crippen molar-refractivity contribution in [3.05, 3.63) is 82.6 Å². The van der Waals surface area contributed by atoms with E-state index < -0.39 is 9.84 Å². The first-order valence-corrected chi connectivity index (χ1v) is 7.89. The second kappa shape index (κ2) is 6.28. The van der Waals surface area contributed by atoms with Gasteiger partial charge >= 0.3 is 0 Å². The van der Waals surface area contributed by atoms with Gasteiger partial charge in [0, 0.05) is 0 Å². The first-order chi connectivity index (χ1) is 9.98. The van der Waals surface area contributed by atoms with Crippen LogP contribution in [0.5, 0.6) is 0 Å². The smallest absolute Gasteiger partial charge is 0.197 e. The molecule has 0 spiro atoms. The van der Waals surface area contributed by atoms with Crippen molar-refractivity contribution in [2.75, 3.05) is 0 Å². The van der Waals surface area contributed by atoms with E-state index >= 15 is 0 Å². The summed E-state index contributed by atoms with van der Waals surface area (Å²) in [5.41, 5.74) is 13.3. The van der Waals surface area contributed by atoms with Crippen molar-refractivity contribution < 1.29 is 8.42 Å². The lowest BCUT2D eigenvalue weighted by molar-refractivity contribution is 0.612. The molecule has 0 aliphatic heterocycles. The Morgan fingerprint density at radius 1 is 0.714 bits per heavy atom. The molecule has 2 aromatic carbocycles. The van der Waals surface area contributed by atoms with Gasteiger partial charge in [0.25, 0.3) is 0 Å². The van der Waals surface area contributed by atoms with Crippen molar-refractivity contribution in [2.45, 2.75) is 0 Å². The fourth-order valence-electron chi connectivity index (χ4n) is 1.79. The van der Waals surface area contributed by atoms with E-state index in [1.807, 2.05) is 12.1 Å². The molecule has 0 atom stereocenters. The highest BCUT2D eigenvalue weighted by Gasteiger charge is 2.08. The highest BCUT2D eigenvalue weighted by molar-refractivity contribution is 7.97. The summed E-state index contributed by atoms with van der Waals surface area (Å²) in [5, 5.41) is 2.02. The molecule has 2 aromatic rings. The van der Waals surface area contributed by atoms with Gasteiger partial charge in [-0.2, -0.15) is 0 Å². The average Bonchev–Trinajstić information content (AvgIpc) is 2.48. The molecule has 0 aliphatic carbocycles. The molecule has 0 saturated carbocycles. The maximum atomic E-state index is 12.1. The Morgan fingerprint density at radius 3 is 1.38 bits per heavy atom. The Balaban J connectivity index is 2.31. The molecule has 0 heterocycles. The first-order valence-electron chi connectivity index (χ1n) is 6.28. The van der Waals surface area contributed by atoms with Crippen molar-refractivity contribution in [1.82, 2.24) is 0 Å². The Labute approximate surface area is 124 Å². The van der Waals surface area contributed by atoms with Crippen LogP contribution in [-0.4, -0.2) is 8.42 Å². The minimum Gasteiger partial charge on any atom is -0.398 e. The van der Waals surface area contributed by atoms with Gasteiger partial charge in [0.15, 0.2) is 9.84 Å². The highest BCUT2D eigenvalue weighted by atomic mass is 32.2. The van der Waals surface area contributed by atoms with Crippen molar-refractivity contribution in [2.24, 2.45) is 11.5 Å². The average molecular weight is 300 g/mol. The van der Waals surface area contributed by atoms with Crippen molar-refractivity contribution >= 4 is 21.2 Å². The quantitative estimate of drug-likeness (QED) is 0.907. The van der Waals surface area contributed by atoms with Crippen molar-refractivity contribution in [1.29, 1.82) is 0 Å². The van der Waals surface area contributed by atoms with Crippen LogP contribution in [0.2, 0.25) is 0 Å². The predicted octanol–water partition coefficient (Wildman–Crippen LogP) is 2.32. The number of nitrogens with two attached hydrogens (primary N) is 2. The Kier molecular flexibility index (Phi) is 4.45. The predicted molar refractivity (Wildman–Crippen MR) is 86.1 cm³/mol. The van der Waals surface area contributed by atoms with E-state index in [0.29, 0.717) is 11.1 Å². The topological polar surface area (TPSA) is 86.2 Å². The maximum Gasteiger partial charge on any atom is 0.197 e. The number of hydrogen-bond donors (Lipinski definition) is 2. The largest absolute Gasteiger partial charge is 0.398 e. The number of rotatable bonds is 4. The summed E-state index contributed by atoms with van der Waals surface area (Å²) in [7, 11) is -3.65. The molecular weight excluding hydrogens is 284 g/mol. The summed E-state index contributed by atoms with van der Waals surface area (Å²) < 4.78 is 24.2. The summed E-state index contributed by atoms with van der Waals surface area (Å²) >= 11 is 0. The van der Waals surface area contributed by atoms with E-state index in [4.69, 9.17) is 11.5 Å². The Morgan fingerprint density at radius 2 is 1.05 bits per heavy atom. The lowest BCUT2D eigenvalue weighted by Crippen LogP contribution is -2.04. The number of benzene rings is 2. The van der Waals surface area contributed by atoms with E-state index in [2.05, 4.69) is 0 Å².